The van der Waals surface area contributed by atoms with E-state index in [2.05, 4.69) is 27.5 Å². The lowest BCUT2D eigenvalue weighted by Crippen LogP contribution is -2.04. The van der Waals surface area contributed by atoms with Crippen molar-refractivity contribution in [2.24, 2.45) is 0 Å². The van der Waals surface area contributed by atoms with Gasteiger partial charge in [-0.1, -0.05) is 34.6 Å². The summed E-state index contributed by atoms with van der Waals surface area (Å²) in [5, 5.41) is 0. The highest BCUT2D eigenvalue weighted by Crippen LogP contribution is 2.34. The van der Waals surface area contributed by atoms with Crippen LogP contribution in [0.4, 0.5) is 0 Å². The van der Waals surface area contributed by atoms with Crippen molar-refractivity contribution in [2.45, 2.75) is 0 Å². The van der Waals surface area contributed by atoms with Crippen molar-refractivity contribution in [3.63, 3.8) is 0 Å². The van der Waals surface area contributed by atoms with Crippen molar-refractivity contribution >= 4 is 33.0 Å². The fraction of sp³-hybridized carbons (Fsp3) is 0. The van der Waals surface area contributed by atoms with Crippen LogP contribution in [0.2, 0.25) is 0 Å². The lowest BCUT2D eigenvalue weighted by atomic mass is 10.2. The molecule has 0 aliphatic heterocycles. The second kappa shape index (κ2) is 5.54. The zero-order valence-corrected chi connectivity index (χ0v) is 12.5. The molecule has 21 heavy (non-hydrogen) atoms. The normalized spacial score (nSPS) is 10.5. The van der Waals surface area contributed by atoms with Crippen LogP contribution in [0.25, 0.3) is 22.6 Å². The molecular weight excluding hydrogens is 334 g/mol. The molecule has 0 bridgehead atoms. The number of para-hydroxylation sites is 2. The second-order valence-corrected chi connectivity index (χ2v) is 5.17. The van der Waals surface area contributed by atoms with Crippen molar-refractivity contribution in [3.05, 3.63) is 59.6 Å². The summed E-state index contributed by atoms with van der Waals surface area (Å²) in [7, 11) is 0. The van der Waals surface area contributed by atoms with E-state index in [1.165, 1.54) is 0 Å². The number of carbonyl (C=O) groups excluding carboxylic acids is 1. The molecule has 0 radical (unpaired) electrons. The summed E-state index contributed by atoms with van der Waals surface area (Å²) in [4.78, 5) is 15.8. The minimum absolute atomic E-state index is 0.362. The van der Waals surface area contributed by atoms with E-state index in [1.807, 2.05) is 30.3 Å². The predicted molar refractivity (Wildman–Crippen MR) is 83.0 cm³/mol. The number of hydrogen-bond donors (Lipinski definition) is 0. The second-order valence-electron chi connectivity index (χ2n) is 4.25. The third kappa shape index (κ3) is 2.73. The Hall–Kier alpha value is -2.40. The Bertz CT molecular complexity index is 805. The molecule has 0 saturated carbocycles. The summed E-state index contributed by atoms with van der Waals surface area (Å²) in [6, 6.07) is 12.7. The SMILES string of the molecule is C=CC(=O)Oc1cc(Br)ccc1-c1nc2ccccc2o1. The topological polar surface area (TPSA) is 52.3 Å². The summed E-state index contributed by atoms with van der Waals surface area (Å²) >= 11 is 3.35. The highest BCUT2D eigenvalue weighted by molar-refractivity contribution is 9.10. The Labute approximate surface area is 129 Å². The van der Waals surface area contributed by atoms with Crippen molar-refractivity contribution in [3.8, 4) is 17.2 Å². The maximum absolute atomic E-state index is 11.4. The Kier molecular flexibility index (Phi) is 3.58. The first kappa shape index (κ1) is 13.6. The quantitative estimate of drug-likeness (QED) is 0.403. The first-order valence-corrected chi connectivity index (χ1v) is 6.96. The molecule has 0 unspecified atom stereocenters. The molecule has 0 fully saturated rings. The lowest BCUT2D eigenvalue weighted by Gasteiger charge is -2.06. The minimum Gasteiger partial charge on any atom is -0.436 e. The standard InChI is InChI=1S/C16H10BrNO3/c1-2-15(19)20-14-9-10(17)7-8-11(14)16-18-12-5-3-4-6-13(12)21-16/h2-9H,1H2. The number of hydrogen-bond acceptors (Lipinski definition) is 4. The van der Waals surface area contributed by atoms with Crippen LogP contribution in [0.5, 0.6) is 5.75 Å². The molecule has 0 aliphatic rings. The van der Waals surface area contributed by atoms with E-state index in [4.69, 9.17) is 9.15 Å². The monoisotopic (exact) mass is 343 g/mol. The first-order chi connectivity index (χ1) is 10.2. The van der Waals surface area contributed by atoms with Gasteiger partial charge < -0.3 is 9.15 Å². The Balaban J connectivity index is 2.12. The highest BCUT2D eigenvalue weighted by atomic mass is 79.9. The van der Waals surface area contributed by atoms with Crippen molar-refractivity contribution in [1.82, 2.24) is 4.98 Å². The first-order valence-electron chi connectivity index (χ1n) is 6.17. The third-order valence-electron chi connectivity index (χ3n) is 2.85. The zero-order valence-electron chi connectivity index (χ0n) is 10.9. The summed E-state index contributed by atoms with van der Waals surface area (Å²) < 4.78 is 11.7. The Morgan fingerprint density at radius 2 is 2.10 bits per heavy atom. The van der Waals surface area contributed by atoms with Crippen molar-refractivity contribution in [1.29, 1.82) is 0 Å². The number of fused-ring (bicyclic) bond motifs is 1. The van der Waals surface area contributed by atoms with Crippen LogP contribution in [0.1, 0.15) is 0 Å². The largest absolute Gasteiger partial charge is 0.436 e. The van der Waals surface area contributed by atoms with Crippen LogP contribution < -0.4 is 4.74 Å². The van der Waals surface area contributed by atoms with Gasteiger partial charge in [0.15, 0.2) is 5.58 Å². The molecule has 1 aromatic heterocycles. The smallest absolute Gasteiger partial charge is 0.335 e. The van der Waals surface area contributed by atoms with Gasteiger partial charge >= 0.3 is 5.97 Å². The van der Waals surface area contributed by atoms with Crippen molar-refractivity contribution < 1.29 is 13.9 Å². The highest BCUT2D eigenvalue weighted by Gasteiger charge is 2.15. The molecule has 0 spiro atoms. The van der Waals surface area contributed by atoms with Crippen LogP contribution in [0.3, 0.4) is 0 Å². The summed E-state index contributed by atoms with van der Waals surface area (Å²) in [6.07, 6.45) is 1.11. The van der Waals surface area contributed by atoms with Gasteiger partial charge in [-0.3, -0.25) is 0 Å². The number of halogens is 1. The van der Waals surface area contributed by atoms with Crippen LogP contribution in [-0.4, -0.2) is 11.0 Å². The fourth-order valence-electron chi connectivity index (χ4n) is 1.89. The van der Waals surface area contributed by atoms with E-state index in [-0.39, 0.29) is 0 Å². The van der Waals surface area contributed by atoms with Gasteiger partial charge in [0.05, 0.1) is 5.56 Å². The molecule has 3 aromatic rings. The van der Waals surface area contributed by atoms with Crippen molar-refractivity contribution in [2.75, 3.05) is 0 Å². The maximum atomic E-state index is 11.4. The zero-order chi connectivity index (χ0) is 14.8. The van der Waals surface area contributed by atoms with Gasteiger partial charge in [0.25, 0.3) is 0 Å². The van der Waals surface area contributed by atoms with Gasteiger partial charge in [-0.2, -0.15) is 0 Å². The van der Waals surface area contributed by atoms with Gasteiger partial charge in [0.1, 0.15) is 11.3 Å². The number of esters is 1. The number of rotatable bonds is 3. The van der Waals surface area contributed by atoms with Crippen LogP contribution in [0, 0.1) is 0 Å². The Morgan fingerprint density at radius 1 is 1.29 bits per heavy atom. The number of aromatic nitrogens is 1. The maximum Gasteiger partial charge on any atom is 0.335 e. The van der Waals surface area contributed by atoms with E-state index in [0.29, 0.717) is 22.8 Å². The third-order valence-corrected chi connectivity index (χ3v) is 3.34. The fourth-order valence-corrected chi connectivity index (χ4v) is 2.23. The van der Waals surface area contributed by atoms with Gasteiger partial charge in [0.2, 0.25) is 5.89 Å². The summed E-state index contributed by atoms with van der Waals surface area (Å²) in [5.41, 5.74) is 2.03. The molecule has 3 rings (SSSR count). The van der Waals surface area contributed by atoms with E-state index >= 15 is 0 Å². The molecule has 2 aromatic carbocycles. The van der Waals surface area contributed by atoms with Gasteiger partial charge in [-0.15, -0.1) is 0 Å². The van der Waals surface area contributed by atoms with Gasteiger partial charge in [-0.25, -0.2) is 9.78 Å². The van der Waals surface area contributed by atoms with Crippen LogP contribution in [0.15, 0.2) is 64.0 Å². The average molecular weight is 344 g/mol. The molecule has 4 nitrogen and oxygen atoms in total. The Morgan fingerprint density at radius 3 is 2.86 bits per heavy atom. The molecule has 0 N–H and O–H groups in total. The number of ether oxygens (including phenoxy) is 1. The van der Waals surface area contributed by atoms with E-state index in [0.717, 1.165) is 16.1 Å². The molecule has 1 heterocycles. The number of nitrogens with zero attached hydrogens (tertiary/aromatic N) is 1. The van der Waals surface area contributed by atoms with Crippen LogP contribution >= 0.6 is 15.9 Å². The molecule has 0 aliphatic carbocycles. The van der Waals surface area contributed by atoms with E-state index in [1.54, 1.807) is 12.1 Å². The molecule has 104 valence electrons. The number of oxazole rings is 1. The molecule has 0 atom stereocenters. The van der Waals surface area contributed by atoms with Gasteiger partial charge in [0, 0.05) is 10.5 Å². The lowest BCUT2D eigenvalue weighted by molar-refractivity contribution is -0.128. The molecular formula is C16H10BrNO3. The van der Waals surface area contributed by atoms with E-state index < -0.39 is 5.97 Å². The minimum atomic E-state index is -0.537. The van der Waals surface area contributed by atoms with Gasteiger partial charge in [-0.05, 0) is 30.3 Å². The van der Waals surface area contributed by atoms with E-state index in [9.17, 15) is 4.79 Å². The average Bonchev–Trinajstić information content (AvgIpc) is 2.90. The van der Waals surface area contributed by atoms with Crippen LogP contribution in [-0.2, 0) is 4.79 Å². The molecule has 0 amide bonds. The number of carbonyl (C=O) groups is 1. The summed E-state index contributed by atoms with van der Waals surface area (Å²) in [5.74, 6) is 0.224. The molecule has 0 saturated heterocycles. The molecule has 5 heteroatoms. The number of benzene rings is 2. The summed E-state index contributed by atoms with van der Waals surface area (Å²) in [6.45, 7) is 3.39. The predicted octanol–water partition coefficient (Wildman–Crippen LogP) is 4.35.